The summed E-state index contributed by atoms with van der Waals surface area (Å²) in [5.74, 6) is -0.863. The fraction of sp³-hybridized carbons (Fsp3) is 0.471. The molecule has 9 nitrogen and oxygen atoms in total. The Hall–Kier alpha value is -2.81. The van der Waals surface area contributed by atoms with Gasteiger partial charge in [0.15, 0.2) is 0 Å². The molecule has 3 rings (SSSR count). The third-order valence-electron chi connectivity index (χ3n) is 4.39. The standard InChI is InChI=1S/C17H21N5O4/c1-12-2-4-13(5-3-12)16-19-21-22(20-16)11-14(23)18-17(10-15(24)25)6-8-26-9-7-17/h2-5H,6-11H2,1H3,(H,18,23)(H,24,25). The Labute approximate surface area is 150 Å². The van der Waals surface area contributed by atoms with E-state index in [2.05, 4.69) is 20.7 Å². The van der Waals surface area contributed by atoms with Crippen molar-refractivity contribution < 1.29 is 19.4 Å². The number of carboxylic acid groups (broad SMARTS) is 1. The van der Waals surface area contributed by atoms with E-state index in [-0.39, 0.29) is 18.9 Å². The average molecular weight is 359 g/mol. The number of carbonyl (C=O) groups excluding carboxylic acids is 1. The molecule has 138 valence electrons. The third-order valence-corrected chi connectivity index (χ3v) is 4.39. The number of aliphatic carboxylic acids is 1. The maximum atomic E-state index is 12.4. The summed E-state index contributed by atoms with van der Waals surface area (Å²) in [6, 6.07) is 7.67. The Balaban J connectivity index is 1.65. The van der Waals surface area contributed by atoms with Gasteiger partial charge in [-0.25, -0.2) is 0 Å². The molecule has 1 aliphatic heterocycles. The molecule has 1 aromatic carbocycles. The van der Waals surface area contributed by atoms with Crippen LogP contribution >= 0.6 is 0 Å². The van der Waals surface area contributed by atoms with Gasteiger partial charge in [0.05, 0.1) is 12.0 Å². The predicted molar refractivity (Wildman–Crippen MR) is 91.2 cm³/mol. The largest absolute Gasteiger partial charge is 0.481 e. The molecular weight excluding hydrogens is 338 g/mol. The molecule has 0 unspecified atom stereocenters. The summed E-state index contributed by atoms with van der Waals surface area (Å²) >= 11 is 0. The minimum atomic E-state index is -0.951. The van der Waals surface area contributed by atoms with Gasteiger partial charge in [-0.05, 0) is 25.0 Å². The molecule has 1 fully saturated rings. The SMILES string of the molecule is Cc1ccc(-c2nnn(CC(=O)NC3(CC(=O)O)CCOCC3)n2)cc1. The molecule has 2 N–H and O–H groups in total. The zero-order valence-electron chi connectivity index (χ0n) is 14.5. The predicted octanol–water partition coefficient (Wildman–Crippen LogP) is 0.789. The van der Waals surface area contributed by atoms with Crippen LogP contribution in [0.25, 0.3) is 11.4 Å². The van der Waals surface area contributed by atoms with E-state index in [0.717, 1.165) is 11.1 Å². The minimum Gasteiger partial charge on any atom is -0.481 e. The number of carbonyl (C=O) groups is 2. The molecule has 9 heteroatoms. The summed E-state index contributed by atoms with van der Waals surface area (Å²) in [7, 11) is 0. The number of aryl methyl sites for hydroxylation is 1. The van der Waals surface area contributed by atoms with Crippen LogP contribution in [0.4, 0.5) is 0 Å². The second-order valence-corrected chi connectivity index (χ2v) is 6.52. The molecule has 1 saturated heterocycles. The number of carboxylic acids is 1. The van der Waals surface area contributed by atoms with E-state index in [1.54, 1.807) is 0 Å². The Kier molecular flexibility index (Phi) is 5.27. The lowest BCUT2D eigenvalue weighted by atomic mass is 9.86. The van der Waals surface area contributed by atoms with Gasteiger partial charge in [-0.3, -0.25) is 9.59 Å². The first kappa shape index (κ1) is 18.0. The molecule has 0 atom stereocenters. The fourth-order valence-corrected chi connectivity index (χ4v) is 2.99. The first-order valence-corrected chi connectivity index (χ1v) is 8.41. The lowest BCUT2D eigenvalue weighted by molar-refractivity contribution is -0.140. The quantitative estimate of drug-likeness (QED) is 0.782. The second-order valence-electron chi connectivity index (χ2n) is 6.52. The molecule has 1 aliphatic rings. The van der Waals surface area contributed by atoms with Crippen LogP contribution in [0.1, 0.15) is 24.8 Å². The summed E-state index contributed by atoms with van der Waals surface area (Å²) < 4.78 is 5.28. The number of amides is 1. The van der Waals surface area contributed by atoms with Gasteiger partial charge in [0, 0.05) is 18.8 Å². The molecule has 0 bridgehead atoms. The highest BCUT2D eigenvalue weighted by Crippen LogP contribution is 2.24. The molecule has 1 amide bonds. The van der Waals surface area contributed by atoms with Gasteiger partial charge in [-0.1, -0.05) is 29.8 Å². The van der Waals surface area contributed by atoms with Crippen molar-refractivity contribution in [3.63, 3.8) is 0 Å². The third kappa shape index (κ3) is 4.42. The van der Waals surface area contributed by atoms with Gasteiger partial charge in [-0.15, -0.1) is 10.2 Å². The van der Waals surface area contributed by atoms with Crippen LogP contribution in [0.2, 0.25) is 0 Å². The van der Waals surface area contributed by atoms with Crippen LogP contribution in [0, 0.1) is 6.92 Å². The zero-order valence-corrected chi connectivity index (χ0v) is 14.5. The second kappa shape index (κ2) is 7.61. The van der Waals surface area contributed by atoms with Crippen molar-refractivity contribution in [3.8, 4) is 11.4 Å². The van der Waals surface area contributed by atoms with E-state index >= 15 is 0 Å². The van der Waals surface area contributed by atoms with Crippen molar-refractivity contribution in [2.75, 3.05) is 13.2 Å². The van der Waals surface area contributed by atoms with Crippen LogP contribution < -0.4 is 5.32 Å². The molecule has 1 aromatic heterocycles. The molecule has 0 spiro atoms. The minimum absolute atomic E-state index is 0.124. The van der Waals surface area contributed by atoms with Gasteiger partial charge in [0.25, 0.3) is 0 Å². The summed E-state index contributed by atoms with van der Waals surface area (Å²) in [6.07, 6.45) is 0.788. The van der Waals surface area contributed by atoms with E-state index in [1.807, 2.05) is 31.2 Å². The van der Waals surface area contributed by atoms with Crippen molar-refractivity contribution in [1.82, 2.24) is 25.5 Å². The van der Waals surface area contributed by atoms with Gasteiger partial charge < -0.3 is 15.2 Å². The smallest absolute Gasteiger partial charge is 0.305 e. The maximum absolute atomic E-state index is 12.4. The number of hydrogen-bond acceptors (Lipinski definition) is 6. The molecule has 0 saturated carbocycles. The molecule has 26 heavy (non-hydrogen) atoms. The number of benzene rings is 1. The number of aromatic nitrogens is 4. The number of tetrazole rings is 1. The summed E-state index contributed by atoms with van der Waals surface area (Å²) in [5, 5.41) is 24.1. The Morgan fingerprint density at radius 3 is 2.62 bits per heavy atom. The van der Waals surface area contributed by atoms with Crippen LogP contribution in [-0.4, -0.2) is 55.9 Å². The van der Waals surface area contributed by atoms with E-state index in [0.29, 0.717) is 31.9 Å². The highest BCUT2D eigenvalue weighted by Gasteiger charge is 2.36. The number of hydrogen-bond donors (Lipinski definition) is 2. The fourth-order valence-electron chi connectivity index (χ4n) is 2.99. The van der Waals surface area contributed by atoms with E-state index in [4.69, 9.17) is 9.84 Å². The molecule has 2 aromatic rings. The number of ether oxygens (including phenoxy) is 1. The summed E-state index contributed by atoms with van der Waals surface area (Å²) in [6.45, 7) is 2.71. The van der Waals surface area contributed by atoms with Crippen molar-refractivity contribution >= 4 is 11.9 Å². The topological polar surface area (TPSA) is 119 Å². The summed E-state index contributed by atoms with van der Waals surface area (Å²) in [4.78, 5) is 24.8. The van der Waals surface area contributed by atoms with Crippen molar-refractivity contribution in [2.45, 2.75) is 38.3 Å². The molecule has 2 heterocycles. The van der Waals surface area contributed by atoms with Gasteiger partial charge >= 0.3 is 5.97 Å². The first-order chi connectivity index (χ1) is 12.5. The Morgan fingerprint density at radius 2 is 1.96 bits per heavy atom. The number of rotatable bonds is 6. The monoisotopic (exact) mass is 359 g/mol. The van der Waals surface area contributed by atoms with Crippen LogP contribution in [0.5, 0.6) is 0 Å². The van der Waals surface area contributed by atoms with Gasteiger partial charge in [0.2, 0.25) is 11.7 Å². The van der Waals surface area contributed by atoms with Gasteiger partial charge in [0.1, 0.15) is 6.54 Å². The van der Waals surface area contributed by atoms with Crippen molar-refractivity contribution in [3.05, 3.63) is 29.8 Å². The highest BCUT2D eigenvalue weighted by molar-refractivity contribution is 5.78. The van der Waals surface area contributed by atoms with Crippen LogP contribution in [0.15, 0.2) is 24.3 Å². The average Bonchev–Trinajstić information content (AvgIpc) is 3.03. The van der Waals surface area contributed by atoms with E-state index in [1.165, 1.54) is 4.80 Å². The highest BCUT2D eigenvalue weighted by atomic mass is 16.5. The Bertz CT molecular complexity index is 781. The number of nitrogens with zero attached hydrogens (tertiary/aromatic N) is 4. The maximum Gasteiger partial charge on any atom is 0.305 e. The summed E-state index contributed by atoms with van der Waals surface area (Å²) in [5.41, 5.74) is 1.15. The zero-order chi connectivity index (χ0) is 18.6. The molecule has 0 radical (unpaired) electrons. The lowest BCUT2D eigenvalue weighted by Crippen LogP contribution is -2.54. The Morgan fingerprint density at radius 1 is 1.27 bits per heavy atom. The van der Waals surface area contributed by atoms with Crippen molar-refractivity contribution in [1.29, 1.82) is 0 Å². The molecular formula is C17H21N5O4. The van der Waals surface area contributed by atoms with Crippen LogP contribution in [0.3, 0.4) is 0 Å². The van der Waals surface area contributed by atoms with Crippen LogP contribution in [-0.2, 0) is 20.9 Å². The van der Waals surface area contributed by atoms with E-state index < -0.39 is 11.5 Å². The van der Waals surface area contributed by atoms with Crippen molar-refractivity contribution in [2.24, 2.45) is 0 Å². The molecule has 0 aliphatic carbocycles. The normalized spacial score (nSPS) is 16.2. The lowest BCUT2D eigenvalue weighted by Gasteiger charge is -2.36. The van der Waals surface area contributed by atoms with Gasteiger partial charge in [-0.2, -0.15) is 4.80 Å². The first-order valence-electron chi connectivity index (χ1n) is 8.41. The number of nitrogens with one attached hydrogen (secondary N) is 1. The van der Waals surface area contributed by atoms with E-state index in [9.17, 15) is 9.59 Å².